The number of methoxy groups -OCH3 is 1. The standard InChI is InChI=1S/C21H29N5O4S/c1-4-26-20(15(2)22-18(27)13-16-5-7-17(29-3)8-6-16)23-24-21(26)31-14-19(28)25-9-11-30-12-10-25/h5-8,15H,4,9-14H2,1-3H3,(H,22,27)/t15-/m0/s1. The van der Waals surface area contributed by atoms with Crippen LogP contribution in [0.2, 0.25) is 0 Å². The lowest BCUT2D eigenvalue weighted by Gasteiger charge is -2.26. The summed E-state index contributed by atoms with van der Waals surface area (Å²) in [6, 6.07) is 7.11. The summed E-state index contributed by atoms with van der Waals surface area (Å²) in [5, 5.41) is 12.2. The Labute approximate surface area is 186 Å². The summed E-state index contributed by atoms with van der Waals surface area (Å²) >= 11 is 1.37. The van der Waals surface area contributed by atoms with Gasteiger partial charge >= 0.3 is 0 Å². The van der Waals surface area contributed by atoms with Crippen LogP contribution in [-0.2, 0) is 27.3 Å². The molecule has 1 aromatic heterocycles. The third kappa shape index (κ3) is 6.20. The first-order valence-electron chi connectivity index (χ1n) is 10.4. The van der Waals surface area contributed by atoms with E-state index in [-0.39, 0.29) is 24.3 Å². The van der Waals surface area contributed by atoms with Crippen LogP contribution >= 0.6 is 11.8 Å². The highest BCUT2D eigenvalue weighted by Crippen LogP contribution is 2.21. The summed E-state index contributed by atoms with van der Waals surface area (Å²) in [4.78, 5) is 26.7. The van der Waals surface area contributed by atoms with E-state index in [1.54, 1.807) is 7.11 Å². The van der Waals surface area contributed by atoms with Crippen molar-refractivity contribution in [3.05, 3.63) is 35.7 Å². The van der Waals surface area contributed by atoms with Gasteiger partial charge in [-0.25, -0.2) is 0 Å². The number of thioether (sulfide) groups is 1. The molecule has 1 atom stereocenters. The first-order valence-corrected chi connectivity index (χ1v) is 11.3. The maximum Gasteiger partial charge on any atom is 0.233 e. The van der Waals surface area contributed by atoms with Crippen molar-refractivity contribution in [2.24, 2.45) is 0 Å². The molecule has 0 bridgehead atoms. The van der Waals surface area contributed by atoms with E-state index >= 15 is 0 Å². The fraction of sp³-hybridized carbons (Fsp3) is 0.524. The van der Waals surface area contributed by atoms with Crippen LogP contribution < -0.4 is 10.1 Å². The number of rotatable bonds is 9. The minimum atomic E-state index is -0.303. The molecule has 168 valence electrons. The Morgan fingerprint density at radius 2 is 1.94 bits per heavy atom. The van der Waals surface area contributed by atoms with Crippen LogP contribution in [0.5, 0.6) is 5.75 Å². The Morgan fingerprint density at radius 1 is 1.23 bits per heavy atom. The first-order chi connectivity index (χ1) is 15.0. The smallest absolute Gasteiger partial charge is 0.233 e. The number of morpholine rings is 1. The average molecular weight is 448 g/mol. The molecule has 1 aromatic carbocycles. The monoisotopic (exact) mass is 447 g/mol. The van der Waals surface area contributed by atoms with Gasteiger partial charge in [-0.05, 0) is 31.5 Å². The van der Waals surface area contributed by atoms with Gasteiger partial charge in [0.1, 0.15) is 5.75 Å². The number of carbonyl (C=O) groups excluding carboxylic acids is 2. The summed E-state index contributed by atoms with van der Waals surface area (Å²) in [6.45, 7) is 6.95. The van der Waals surface area contributed by atoms with E-state index in [1.807, 2.05) is 47.6 Å². The number of aromatic nitrogens is 3. The highest BCUT2D eigenvalue weighted by Gasteiger charge is 2.21. The molecule has 2 amide bonds. The lowest BCUT2D eigenvalue weighted by Crippen LogP contribution is -2.41. The second-order valence-electron chi connectivity index (χ2n) is 7.18. The Hall–Kier alpha value is -2.59. The molecule has 2 heterocycles. The van der Waals surface area contributed by atoms with Gasteiger partial charge in [0, 0.05) is 19.6 Å². The van der Waals surface area contributed by atoms with Crippen LogP contribution in [-0.4, -0.2) is 70.6 Å². The highest BCUT2D eigenvalue weighted by molar-refractivity contribution is 7.99. The number of nitrogens with zero attached hydrogens (tertiary/aromatic N) is 4. The van der Waals surface area contributed by atoms with E-state index in [0.717, 1.165) is 11.3 Å². The number of benzene rings is 1. The topological polar surface area (TPSA) is 98.6 Å². The maximum absolute atomic E-state index is 12.5. The highest BCUT2D eigenvalue weighted by atomic mass is 32.2. The molecule has 0 aliphatic carbocycles. The summed E-state index contributed by atoms with van der Waals surface area (Å²) in [5.41, 5.74) is 0.903. The van der Waals surface area contributed by atoms with Crippen molar-refractivity contribution in [1.82, 2.24) is 25.0 Å². The number of ether oxygens (including phenoxy) is 2. The third-order valence-electron chi connectivity index (χ3n) is 5.04. The first kappa shape index (κ1) is 23.1. The molecule has 1 fully saturated rings. The number of carbonyl (C=O) groups is 2. The van der Waals surface area contributed by atoms with Crippen molar-refractivity contribution in [1.29, 1.82) is 0 Å². The molecule has 0 radical (unpaired) electrons. The Balaban J connectivity index is 1.56. The van der Waals surface area contributed by atoms with Crippen LogP contribution in [0.3, 0.4) is 0 Å². The van der Waals surface area contributed by atoms with E-state index in [0.29, 0.717) is 49.6 Å². The van der Waals surface area contributed by atoms with Gasteiger partial charge in [0.15, 0.2) is 11.0 Å². The molecule has 2 aromatic rings. The summed E-state index contributed by atoms with van der Waals surface area (Å²) < 4.78 is 12.4. The van der Waals surface area contributed by atoms with Gasteiger partial charge in [-0.2, -0.15) is 0 Å². The van der Waals surface area contributed by atoms with Gasteiger partial charge in [0.05, 0.1) is 38.5 Å². The number of hydrogen-bond acceptors (Lipinski definition) is 7. The largest absolute Gasteiger partial charge is 0.497 e. The Bertz CT molecular complexity index is 880. The second-order valence-corrected chi connectivity index (χ2v) is 8.12. The van der Waals surface area contributed by atoms with Crippen LogP contribution in [0.1, 0.15) is 31.3 Å². The zero-order chi connectivity index (χ0) is 22.2. The molecule has 1 aliphatic heterocycles. The van der Waals surface area contributed by atoms with Gasteiger partial charge in [0.25, 0.3) is 0 Å². The number of amides is 2. The second kappa shape index (κ2) is 11.1. The van der Waals surface area contributed by atoms with Gasteiger partial charge in [-0.1, -0.05) is 23.9 Å². The fourth-order valence-electron chi connectivity index (χ4n) is 3.34. The van der Waals surface area contributed by atoms with Crippen molar-refractivity contribution in [3.8, 4) is 5.75 Å². The minimum Gasteiger partial charge on any atom is -0.497 e. The molecule has 0 unspecified atom stereocenters. The maximum atomic E-state index is 12.5. The zero-order valence-corrected chi connectivity index (χ0v) is 19.0. The molecule has 1 aliphatic rings. The molecule has 0 spiro atoms. The van der Waals surface area contributed by atoms with Gasteiger partial charge < -0.3 is 24.3 Å². The van der Waals surface area contributed by atoms with Crippen LogP contribution in [0.15, 0.2) is 29.4 Å². The van der Waals surface area contributed by atoms with Crippen molar-refractivity contribution in [2.45, 2.75) is 38.0 Å². The number of nitrogens with one attached hydrogen (secondary N) is 1. The van der Waals surface area contributed by atoms with Crippen LogP contribution in [0.4, 0.5) is 0 Å². The predicted molar refractivity (Wildman–Crippen MR) is 117 cm³/mol. The van der Waals surface area contributed by atoms with Crippen LogP contribution in [0, 0.1) is 0 Å². The van der Waals surface area contributed by atoms with Crippen LogP contribution in [0.25, 0.3) is 0 Å². The molecule has 1 saturated heterocycles. The summed E-state index contributed by atoms with van der Waals surface area (Å²) in [6.07, 6.45) is 0.268. The minimum absolute atomic E-state index is 0.0707. The fourth-order valence-corrected chi connectivity index (χ4v) is 4.25. The normalized spacial score (nSPS) is 14.9. The summed E-state index contributed by atoms with van der Waals surface area (Å²) in [7, 11) is 1.61. The Morgan fingerprint density at radius 3 is 2.58 bits per heavy atom. The molecule has 1 N–H and O–H groups in total. The molecule has 31 heavy (non-hydrogen) atoms. The predicted octanol–water partition coefficient (Wildman–Crippen LogP) is 1.68. The van der Waals surface area contributed by atoms with Crippen molar-refractivity contribution >= 4 is 23.6 Å². The summed E-state index contributed by atoms with van der Waals surface area (Å²) in [5.74, 6) is 1.70. The van der Waals surface area contributed by atoms with E-state index in [2.05, 4.69) is 15.5 Å². The van der Waals surface area contributed by atoms with Crippen molar-refractivity contribution in [3.63, 3.8) is 0 Å². The van der Waals surface area contributed by atoms with Crippen molar-refractivity contribution in [2.75, 3.05) is 39.2 Å². The quantitative estimate of drug-likeness (QED) is 0.584. The van der Waals surface area contributed by atoms with Gasteiger partial charge in [0.2, 0.25) is 11.8 Å². The van der Waals surface area contributed by atoms with Crippen molar-refractivity contribution < 1.29 is 19.1 Å². The lowest BCUT2D eigenvalue weighted by molar-refractivity contribution is -0.132. The average Bonchev–Trinajstić information content (AvgIpc) is 3.21. The van der Waals surface area contributed by atoms with Gasteiger partial charge in [-0.15, -0.1) is 10.2 Å². The number of hydrogen-bond donors (Lipinski definition) is 1. The molecule has 9 nitrogen and oxygen atoms in total. The van der Waals surface area contributed by atoms with E-state index < -0.39 is 0 Å². The molecule has 3 rings (SSSR count). The zero-order valence-electron chi connectivity index (χ0n) is 18.2. The molecular weight excluding hydrogens is 418 g/mol. The van der Waals surface area contributed by atoms with E-state index in [9.17, 15) is 9.59 Å². The SMILES string of the molecule is CCn1c(SCC(=O)N2CCOCC2)nnc1[C@H](C)NC(=O)Cc1ccc(OC)cc1. The third-order valence-corrected chi connectivity index (χ3v) is 5.99. The van der Waals surface area contributed by atoms with E-state index in [4.69, 9.17) is 9.47 Å². The molecular formula is C21H29N5O4S. The van der Waals surface area contributed by atoms with Gasteiger partial charge in [-0.3, -0.25) is 9.59 Å². The molecule has 0 saturated carbocycles. The Kier molecular flexibility index (Phi) is 8.30. The lowest BCUT2D eigenvalue weighted by atomic mass is 10.1. The molecule has 10 heteroatoms. The van der Waals surface area contributed by atoms with E-state index in [1.165, 1.54) is 11.8 Å².